The van der Waals surface area contributed by atoms with Crippen LogP contribution in [0, 0.1) is 11.8 Å². The SMILES string of the molecule is c1ccc2c(c1)-c1ccccc1C21c2ccccc2-c2ccc(N(c3ccc(-c4ccc5c(c4)CCCC5)cc3)c3ccccc3C3CC4CCC3C4)cc21. The van der Waals surface area contributed by atoms with Crippen LogP contribution in [0.25, 0.3) is 33.4 Å². The molecule has 2 bridgehead atoms. The summed E-state index contributed by atoms with van der Waals surface area (Å²) in [4.78, 5) is 2.60. The highest BCUT2D eigenvalue weighted by molar-refractivity contribution is 5.96. The van der Waals surface area contributed by atoms with E-state index in [2.05, 4.69) is 163 Å². The topological polar surface area (TPSA) is 3.24 Å². The molecule has 0 radical (unpaired) electrons. The molecule has 1 heteroatoms. The Kier molecular flexibility index (Phi) is 7.01. The van der Waals surface area contributed by atoms with Crippen molar-refractivity contribution < 1.29 is 0 Å². The lowest BCUT2D eigenvalue weighted by Crippen LogP contribution is -2.26. The number of rotatable bonds is 5. The van der Waals surface area contributed by atoms with Crippen LogP contribution >= 0.6 is 0 Å². The molecule has 0 heterocycles. The van der Waals surface area contributed by atoms with E-state index in [1.54, 1.807) is 5.56 Å². The molecule has 0 aliphatic heterocycles. The van der Waals surface area contributed by atoms with Gasteiger partial charge in [0.15, 0.2) is 0 Å². The molecule has 2 fully saturated rings. The zero-order valence-corrected chi connectivity index (χ0v) is 31.3. The van der Waals surface area contributed by atoms with E-state index in [1.165, 1.54) is 135 Å². The number of benzene rings is 7. The minimum Gasteiger partial charge on any atom is -0.310 e. The smallest absolute Gasteiger partial charge is 0.0726 e. The second-order valence-electron chi connectivity index (χ2n) is 17.0. The zero-order chi connectivity index (χ0) is 36.1. The Labute approximate surface area is 325 Å². The third-order valence-corrected chi connectivity index (χ3v) is 14.4. The largest absolute Gasteiger partial charge is 0.310 e. The summed E-state index contributed by atoms with van der Waals surface area (Å²) < 4.78 is 0. The van der Waals surface area contributed by atoms with E-state index in [9.17, 15) is 0 Å². The molecule has 7 aromatic rings. The van der Waals surface area contributed by atoms with Crippen LogP contribution in [-0.4, -0.2) is 0 Å². The number of fused-ring (bicyclic) bond motifs is 13. The van der Waals surface area contributed by atoms with E-state index in [0.29, 0.717) is 5.92 Å². The molecule has 2 saturated carbocycles. The highest BCUT2D eigenvalue weighted by Gasteiger charge is 2.51. The van der Waals surface area contributed by atoms with Crippen LogP contribution in [0.3, 0.4) is 0 Å². The van der Waals surface area contributed by atoms with E-state index >= 15 is 0 Å². The first kappa shape index (κ1) is 31.7. The van der Waals surface area contributed by atoms with Crippen molar-refractivity contribution >= 4 is 17.1 Å². The normalized spacial score (nSPS) is 20.5. The van der Waals surface area contributed by atoms with Crippen molar-refractivity contribution in [3.8, 4) is 33.4 Å². The molecule has 0 amide bonds. The lowest BCUT2D eigenvalue weighted by atomic mass is 9.70. The Hall–Kier alpha value is -5.66. The van der Waals surface area contributed by atoms with E-state index in [1.807, 2.05) is 0 Å². The Bertz CT molecular complexity index is 2580. The molecule has 3 atom stereocenters. The summed E-state index contributed by atoms with van der Waals surface area (Å²) in [7, 11) is 0. The van der Waals surface area contributed by atoms with Crippen LogP contribution in [0.4, 0.5) is 17.1 Å². The van der Waals surface area contributed by atoms with Gasteiger partial charge in [0.25, 0.3) is 0 Å². The molecule has 0 N–H and O–H groups in total. The Balaban J connectivity index is 1.06. The third-order valence-electron chi connectivity index (χ3n) is 14.4. The van der Waals surface area contributed by atoms with Gasteiger partial charge >= 0.3 is 0 Å². The Morgan fingerprint density at radius 1 is 0.455 bits per heavy atom. The third kappa shape index (κ3) is 4.59. The summed E-state index contributed by atoms with van der Waals surface area (Å²) in [5, 5.41) is 0. The fraction of sp³-hybridized carbons (Fsp3) is 0.222. The van der Waals surface area contributed by atoms with Gasteiger partial charge < -0.3 is 4.90 Å². The van der Waals surface area contributed by atoms with Crippen molar-refractivity contribution in [1.29, 1.82) is 0 Å². The molecule has 7 aromatic carbocycles. The van der Waals surface area contributed by atoms with Gasteiger partial charge in [-0.15, -0.1) is 0 Å². The summed E-state index contributed by atoms with van der Waals surface area (Å²) in [5.41, 5.74) is 21.6. The molecular formula is C54H45N. The van der Waals surface area contributed by atoms with Crippen LogP contribution in [-0.2, 0) is 18.3 Å². The number of anilines is 3. The van der Waals surface area contributed by atoms with E-state index in [4.69, 9.17) is 0 Å². The summed E-state index contributed by atoms with van der Waals surface area (Å²) in [5.74, 6) is 2.29. The fourth-order valence-corrected chi connectivity index (χ4v) is 12.0. The second-order valence-corrected chi connectivity index (χ2v) is 17.0. The predicted molar refractivity (Wildman–Crippen MR) is 228 cm³/mol. The average Bonchev–Trinajstić information content (AvgIpc) is 4.03. The maximum absolute atomic E-state index is 2.60. The van der Waals surface area contributed by atoms with Crippen molar-refractivity contribution in [1.82, 2.24) is 0 Å². The molecule has 3 unspecified atom stereocenters. The Morgan fingerprint density at radius 2 is 1.05 bits per heavy atom. The molecule has 12 rings (SSSR count). The first-order valence-electron chi connectivity index (χ1n) is 20.8. The van der Waals surface area contributed by atoms with Crippen molar-refractivity contribution in [2.75, 3.05) is 4.90 Å². The van der Waals surface area contributed by atoms with Gasteiger partial charge in [-0.1, -0.05) is 134 Å². The lowest BCUT2D eigenvalue weighted by Gasteiger charge is -2.34. The van der Waals surface area contributed by atoms with Crippen molar-refractivity contribution in [2.45, 2.75) is 62.7 Å². The van der Waals surface area contributed by atoms with Gasteiger partial charge in [0.2, 0.25) is 0 Å². The Morgan fingerprint density at radius 3 is 1.73 bits per heavy atom. The molecule has 0 aromatic heterocycles. The molecule has 0 saturated heterocycles. The minimum absolute atomic E-state index is 0.374. The molecular weight excluding hydrogens is 663 g/mol. The number of para-hydroxylation sites is 1. The standard InChI is InChI=1S/C54H45N/c1-2-12-38-33-39(24-23-36(38)11-1)37-25-27-41(28-26-37)55(53-20-10-6-16-47(53)48-32-35-21-22-40(48)31-35)42-29-30-46-45-15-5-9-19-51(45)54(52(46)34-42)49-17-7-3-13-43(49)44-14-4-8-18-50(44)54/h3-10,13-20,23-30,33-35,40,48H,1-2,11-12,21-22,31-32H2. The van der Waals surface area contributed by atoms with E-state index in [-0.39, 0.29) is 5.41 Å². The van der Waals surface area contributed by atoms with Gasteiger partial charge in [-0.25, -0.2) is 0 Å². The lowest BCUT2D eigenvalue weighted by molar-refractivity contribution is 0.420. The summed E-state index contributed by atoms with van der Waals surface area (Å²) in [6.45, 7) is 0. The van der Waals surface area contributed by atoms with E-state index < -0.39 is 0 Å². The second kappa shape index (κ2) is 12.2. The van der Waals surface area contributed by atoms with Gasteiger partial charge in [0.05, 0.1) is 5.41 Å². The van der Waals surface area contributed by atoms with Crippen LogP contribution in [0.1, 0.15) is 83.4 Å². The van der Waals surface area contributed by atoms with Crippen LogP contribution in [0.2, 0.25) is 0 Å². The summed E-state index contributed by atoms with van der Waals surface area (Å²) in [6, 6.07) is 60.9. The van der Waals surface area contributed by atoms with E-state index in [0.717, 1.165) is 11.8 Å². The van der Waals surface area contributed by atoms with Gasteiger partial charge in [-0.05, 0) is 165 Å². The van der Waals surface area contributed by atoms with Gasteiger partial charge in [0, 0.05) is 17.1 Å². The number of aryl methyl sites for hydroxylation is 2. The van der Waals surface area contributed by atoms with Crippen molar-refractivity contribution in [3.05, 3.63) is 197 Å². The fourth-order valence-electron chi connectivity index (χ4n) is 12.0. The molecule has 1 spiro atoms. The van der Waals surface area contributed by atoms with Crippen molar-refractivity contribution in [2.24, 2.45) is 11.8 Å². The maximum Gasteiger partial charge on any atom is 0.0726 e. The van der Waals surface area contributed by atoms with Crippen LogP contribution < -0.4 is 4.90 Å². The number of hydrogen-bond acceptors (Lipinski definition) is 1. The first-order chi connectivity index (χ1) is 27.3. The zero-order valence-electron chi connectivity index (χ0n) is 31.3. The maximum atomic E-state index is 2.60. The highest BCUT2D eigenvalue weighted by Crippen LogP contribution is 2.63. The highest BCUT2D eigenvalue weighted by atomic mass is 15.1. The minimum atomic E-state index is -0.374. The van der Waals surface area contributed by atoms with Crippen molar-refractivity contribution in [3.63, 3.8) is 0 Å². The summed E-state index contributed by atoms with van der Waals surface area (Å²) in [6.07, 6.45) is 10.5. The molecule has 266 valence electrons. The predicted octanol–water partition coefficient (Wildman–Crippen LogP) is 13.9. The molecule has 1 nitrogen and oxygen atoms in total. The number of nitrogens with zero attached hydrogens (tertiary/aromatic N) is 1. The molecule has 55 heavy (non-hydrogen) atoms. The van der Waals surface area contributed by atoms with Crippen LogP contribution in [0.5, 0.6) is 0 Å². The monoisotopic (exact) mass is 707 g/mol. The number of hydrogen-bond donors (Lipinski definition) is 0. The average molecular weight is 708 g/mol. The van der Waals surface area contributed by atoms with Crippen LogP contribution in [0.15, 0.2) is 158 Å². The molecule has 5 aliphatic carbocycles. The first-order valence-corrected chi connectivity index (χ1v) is 20.8. The van der Waals surface area contributed by atoms with Gasteiger partial charge in [-0.2, -0.15) is 0 Å². The van der Waals surface area contributed by atoms with Gasteiger partial charge in [-0.3, -0.25) is 0 Å². The molecule has 5 aliphatic rings. The van der Waals surface area contributed by atoms with Gasteiger partial charge in [0.1, 0.15) is 0 Å². The quantitative estimate of drug-likeness (QED) is 0.172. The summed E-state index contributed by atoms with van der Waals surface area (Å²) >= 11 is 0.